The Balaban J connectivity index is 1.47. The molecule has 1 atom stereocenters. The van der Waals surface area contributed by atoms with Crippen LogP contribution in [0.4, 0.5) is 17.6 Å². The lowest BCUT2D eigenvalue weighted by Crippen LogP contribution is -2.46. The number of aryl methyl sites for hydroxylation is 1. The number of carbonyl (C=O) groups excluding carboxylic acids is 1. The number of pyridine rings is 1. The first kappa shape index (κ1) is 23.5. The van der Waals surface area contributed by atoms with E-state index >= 15 is 0 Å². The molecule has 1 amide bonds. The smallest absolute Gasteiger partial charge is 0.395 e. The van der Waals surface area contributed by atoms with E-state index in [0.717, 1.165) is 30.8 Å². The van der Waals surface area contributed by atoms with Crippen LogP contribution < -0.4 is 10.3 Å². The van der Waals surface area contributed by atoms with Gasteiger partial charge in [0.2, 0.25) is 0 Å². The van der Waals surface area contributed by atoms with Crippen LogP contribution in [-0.2, 0) is 6.54 Å². The number of aromatic nitrogens is 3. The lowest BCUT2D eigenvalue weighted by atomic mass is 9.99. The molecule has 11 heteroatoms. The summed E-state index contributed by atoms with van der Waals surface area (Å²) in [6, 6.07) is 6.09. The van der Waals surface area contributed by atoms with E-state index in [-0.39, 0.29) is 54.7 Å². The van der Waals surface area contributed by atoms with Gasteiger partial charge in [-0.2, -0.15) is 13.2 Å². The Kier molecular flexibility index (Phi) is 6.20. The number of halogens is 4. The molecule has 180 valence electrons. The molecule has 0 fully saturated rings. The first-order valence-corrected chi connectivity index (χ1v) is 10.6. The van der Waals surface area contributed by atoms with Gasteiger partial charge in [-0.05, 0) is 44.2 Å². The number of alkyl halides is 3. The number of amides is 1. The summed E-state index contributed by atoms with van der Waals surface area (Å²) < 4.78 is 61.5. The van der Waals surface area contributed by atoms with Crippen molar-refractivity contribution in [1.82, 2.24) is 19.0 Å². The molecule has 0 N–H and O–H groups in total. The van der Waals surface area contributed by atoms with Crippen LogP contribution in [0.3, 0.4) is 0 Å². The minimum atomic E-state index is -4.56. The van der Waals surface area contributed by atoms with E-state index in [4.69, 9.17) is 4.74 Å². The molecule has 7 nitrogen and oxygen atoms in total. The monoisotopic (exact) mass is 478 g/mol. The van der Waals surface area contributed by atoms with Crippen molar-refractivity contribution in [3.8, 4) is 11.4 Å². The van der Waals surface area contributed by atoms with E-state index in [1.165, 1.54) is 15.8 Å². The molecule has 1 aliphatic heterocycles. The van der Waals surface area contributed by atoms with E-state index < -0.39 is 17.9 Å². The van der Waals surface area contributed by atoms with Gasteiger partial charge in [0.15, 0.2) is 0 Å². The highest BCUT2D eigenvalue weighted by atomic mass is 19.4. The average molecular weight is 478 g/mol. The number of carbonyl (C=O) groups is 1. The molecule has 1 aromatic carbocycles. The Hall–Kier alpha value is -3.63. The molecule has 4 rings (SSSR count). The highest BCUT2D eigenvalue weighted by molar-refractivity contribution is 5.93. The van der Waals surface area contributed by atoms with Gasteiger partial charge < -0.3 is 18.8 Å². The van der Waals surface area contributed by atoms with E-state index in [0.29, 0.717) is 5.69 Å². The van der Waals surface area contributed by atoms with E-state index in [9.17, 15) is 27.2 Å². The van der Waals surface area contributed by atoms with Gasteiger partial charge in [-0.1, -0.05) is 0 Å². The summed E-state index contributed by atoms with van der Waals surface area (Å²) >= 11 is 0. The molecule has 0 saturated carbocycles. The molecule has 0 aliphatic carbocycles. The second kappa shape index (κ2) is 8.96. The third-order valence-corrected chi connectivity index (χ3v) is 5.79. The normalized spacial score (nSPS) is 14.8. The molecular formula is C23H22F4N4O3. The van der Waals surface area contributed by atoms with Crippen molar-refractivity contribution in [1.29, 1.82) is 0 Å². The lowest BCUT2D eigenvalue weighted by molar-refractivity contribution is -0.146. The van der Waals surface area contributed by atoms with Crippen molar-refractivity contribution in [2.75, 3.05) is 19.7 Å². The Labute approximate surface area is 192 Å². The van der Waals surface area contributed by atoms with Crippen LogP contribution in [0.15, 0.2) is 47.7 Å². The molecule has 0 saturated heterocycles. The predicted octanol–water partition coefficient (Wildman–Crippen LogP) is 3.68. The number of rotatable bonds is 6. The van der Waals surface area contributed by atoms with Crippen molar-refractivity contribution >= 4 is 5.91 Å². The molecule has 0 bridgehead atoms. The zero-order chi connectivity index (χ0) is 24.6. The van der Waals surface area contributed by atoms with E-state index in [2.05, 4.69) is 4.98 Å². The van der Waals surface area contributed by atoms with Crippen LogP contribution >= 0.6 is 0 Å². The molecule has 3 aromatic rings. The second-order valence-corrected chi connectivity index (χ2v) is 8.07. The van der Waals surface area contributed by atoms with Gasteiger partial charge in [-0.15, -0.1) is 0 Å². The first-order valence-electron chi connectivity index (χ1n) is 10.6. The summed E-state index contributed by atoms with van der Waals surface area (Å²) in [6.45, 7) is 3.22. The van der Waals surface area contributed by atoms with Crippen molar-refractivity contribution < 1.29 is 27.1 Å². The average Bonchev–Trinajstić information content (AvgIpc) is 3.21. The van der Waals surface area contributed by atoms with Gasteiger partial charge in [0.25, 0.3) is 11.5 Å². The Morgan fingerprint density at radius 1 is 1.15 bits per heavy atom. The quantitative estimate of drug-likeness (QED) is 0.507. The highest BCUT2D eigenvalue weighted by Gasteiger charge is 2.39. The Morgan fingerprint density at radius 2 is 1.91 bits per heavy atom. The Morgan fingerprint density at radius 3 is 2.59 bits per heavy atom. The van der Waals surface area contributed by atoms with E-state index in [1.54, 1.807) is 29.8 Å². The molecule has 2 aromatic heterocycles. The fourth-order valence-corrected chi connectivity index (χ4v) is 3.85. The summed E-state index contributed by atoms with van der Waals surface area (Å²) in [5, 5.41) is 0. The number of hydrogen-bond donors (Lipinski definition) is 0. The van der Waals surface area contributed by atoms with Crippen LogP contribution in [0.25, 0.3) is 5.69 Å². The molecule has 34 heavy (non-hydrogen) atoms. The molecule has 3 heterocycles. The number of nitrogens with zero attached hydrogens (tertiary/aromatic N) is 4. The third kappa shape index (κ3) is 4.55. The topological polar surface area (TPSA) is 69.4 Å². The molecule has 0 spiro atoms. The van der Waals surface area contributed by atoms with E-state index in [1.807, 2.05) is 0 Å². The third-order valence-electron chi connectivity index (χ3n) is 5.79. The number of ether oxygens (including phenoxy) is 1. The van der Waals surface area contributed by atoms with Crippen LogP contribution in [0.2, 0.25) is 0 Å². The second-order valence-electron chi connectivity index (χ2n) is 8.07. The van der Waals surface area contributed by atoms with Gasteiger partial charge in [0, 0.05) is 24.8 Å². The van der Waals surface area contributed by atoms with Crippen molar-refractivity contribution in [2.45, 2.75) is 32.5 Å². The summed E-state index contributed by atoms with van der Waals surface area (Å²) in [6.07, 6.45) is -1.32. The van der Waals surface area contributed by atoms with Gasteiger partial charge in [-0.25, -0.2) is 9.37 Å². The minimum absolute atomic E-state index is 0.0900. The SMILES string of the molecule is Cc1cn(-c2ccc3n(c2=O)CCN(CCOc2ccc(F)cc2[C@@H](C)C(F)(F)F)C3=O)cn1. The predicted molar refractivity (Wildman–Crippen MR) is 115 cm³/mol. The van der Waals surface area contributed by atoms with Crippen LogP contribution in [0.1, 0.15) is 34.6 Å². The highest BCUT2D eigenvalue weighted by Crippen LogP contribution is 2.39. The Bertz CT molecular complexity index is 1280. The summed E-state index contributed by atoms with van der Waals surface area (Å²) in [5.41, 5.74) is 0.702. The largest absolute Gasteiger partial charge is 0.491 e. The van der Waals surface area contributed by atoms with Gasteiger partial charge in [-0.3, -0.25) is 9.59 Å². The first-order chi connectivity index (χ1) is 16.1. The maximum Gasteiger partial charge on any atom is 0.395 e. The minimum Gasteiger partial charge on any atom is -0.491 e. The maximum atomic E-state index is 13.6. The number of benzene rings is 1. The number of imidazole rings is 1. The van der Waals surface area contributed by atoms with Crippen LogP contribution in [-0.4, -0.2) is 50.8 Å². The van der Waals surface area contributed by atoms with Gasteiger partial charge >= 0.3 is 6.18 Å². The number of hydrogen-bond acceptors (Lipinski definition) is 4. The fraction of sp³-hybridized carbons (Fsp3) is 0.348. The lowest BCUT2D eigenvalue weighted by Gasteiger charge is -2.30. The van der Waals surface area contributed by atoms with Crippen molar-refractivity contribution in [2.24, 2.45) is 0 Å². The summed E-state index contributed by atoms with van der Waals surface area (Å²) in [5.74, 6) is -3.19. The summed E-state index contributed by atoms with van der Waals surface area (Å²) in [7, 11) is 0. The summed E-state index contributed by atoms with van der Waals surface area (Å²) in [4.78, 5) is 31.4. The van der Waals surface area contributed by atoms with Gasteiger partial charge in [0.1, 0.15) is 29.6 Å². The molecular weight excluding hydrogens is 456 g/mol. The van der Waals surface area contributed by atoms with Crippen molar-refractivity contribution in [3.63, 3.8) is 0 Å². The standard InChI is InChI=1S/C23H22F4N4O3/c1-14-12-30(13-28-14)18-4-5-19-21(32)29(7-8-31(19)22(18)33)9-10-34-20-6-3-16(24)11-17(20)15(2)23(25,26)27/h3-6,11-13,15H,7-10H2,1-2H3/t15-/m1/s1. The molecule has 0 radical (unpaired) electrons. The van der Waals surface area contributed by atoms with Crippen LogP contribution in [0, 0.1) is 12.7 Å². The number of fused-ring (bicyclic) bond motifs is 1. The molecule has 1 aliphatic rings. The zero-order valence-corrected chi connectivity index (χ0v) is 18.5. The zero-order valence-electron chi connectivity index (χ0n) is 18.5. The maximum absolute atomic E-state index is 13.6. The van der Waals surface area contributed by atoms with Gasteiger partial charge in [0.05, 0.1) is 24.5 Å². The fourth-order valence-electron chi connectivity index (χ4n) is 3.85. The molecule has 0 unspecified atom stereocenters. The van der Waals surface area contributed by atoms with Crippen molar-refractivity contribution in [3.05, 3.63) is 76.0 Å². The van der Waals surface area contributed by atoms with Crippen LogP contribution in [0.5, 0.6) is 5.75 Å².